The lowest BCUT2D eigenvalue weighted by Crippen LogP contribution is -2.54. The lowest BCUT2D eigenvalue weighted by Gasteiger charge is -2.60. The Balaban J connectivity index is 1.54. The van der Waals surface area contributed by atoms with Gasteiger partial charge in [0, 0.05) is 18.8 Å². The molecule has 4 aliphatic rings. The van der Waals surface area contributed by atoms with Crippen LogP contribution in [0.5, 0.6) is 0 Å². The van der Waals surface area contributed by atoms with Crippen LogP contribution in [0.1, 0.15) is 78.6 Å². The molecular weight excluding hydrogens is 300 g/mol. The van der Waals surface area contributed by atoms with Crippen molar-refractivity contribution in [2.24, 2.45) is 34.5 Å². The van der Waals surface area contributed by atoms with E-state index in [1.807, 2.05) is 0 Å². The molecule has 24 heavy (non-hydrogen) atoms. The summed E-state index contributed by atoms with van der Waals surface area (Å²) >= 11 is 0. The highest BCUT2D eigenvalue weighted by Crippen LogP contribution is 2.65. The second-order valence-electron chi connectivity index (χ2n) is 9.58. The van der Waals surface area contributed by atoms with Crippen LogP contribution < -0.4 is 0 Å². The Labute approximate surface area is 145 Å². The maximum atomic E-state index is 12.5. The lowest BCUT2D eigenvalue weighted by molar-refractivity contribution is -0.160. The summed E-state index contributed by atoms with van der Waals surface area (Å²) in [6, 6.07) is 0. The van der Waals surface area contributed by atoms with Crippen molar-refractivity contribution >= 4 is 11.8 Å². The number of carbonyl (C=O) groups excluding carboxylic acids is 2. The molecular formula is C21H32O3. The normalized spacial score (nSPS) is 50.6. The number of carbonyl (C=O) groups is 2. The van der Waals surface area contributed by atoms with Gasteiger partial charge in [-0.2, -0.15) is 0 Å². The van der Waals surface area contributed by atoms with E-state index in [-0.39, 0.29) is 17.5 Å². The number of ketones is 1. The fraction of sp³-hybridized carbons (Fsp3) is 0.905. The predicted octanol–water partition coefficient (Wildman–Crippen LogP) is 4.53. The Morgan fingerprint density at radius 1 is 1.04 bits per heavy atom. The molecule has 0 aromatic carbocycles. The van der Waals surface area contributed by atoms with Gasteiger partial charge in [0.2, 0.25) is 0 Å². The first-order valence-electron chi connectivity index (χ1n) is 10.0. The van der Waals surface area contributed by atoms with Crippen molar-refractivity contribution < 1.29 is 14.3 Å². The molecule has 4 fully saturated rings. The van der Waals surface area contributed by atoms with Crippen LogP contribution >= 0.6 is 0 Å². The van der Waals surface area contributed by atoms with E-state index in [1.54, 1.807) is 0 Å². The summed E-state index contributed by atoms with van der Waals surface area (Å²) in [7, 11) is 0. The van der Waals surface area contributed by atoms with E-state index in [1.165, 1.54) is 32.6 Å². The molecule has 0 bridgehead atoms. The summed E-state index contributed by atoms with van der Waals surface area (Å²) in [4.78, 5) is 23.8. The molecule has 4 saturated carbocycles. The Morgan fingerprint density at radius 2 is 1.83 bits per heavy atom. The zero-order valence-electron chi connectivity index (χ0n) is 15.5. The van der Waals surface area contributed by atoms with Crippen LogP contribution in [0.3, 0.4) is 0 Å². The van der Waals surface area contributed by atoms with Gasteiger partial charge >= 0.3 is 5.97 Å². The molecule has 0 saturated heterocycles. The Kier molecular flexibility index (Phi) is 3.85. The monoisotopic (exact) mass is 332 g/mol. The van der Waals surface area contributed by atoms with E-state index in [0.29, 0.717) is 23.0 Å². The van der Waals surface area contributed by atoms with Crippen LogP contribution in [0.25, 0.3) is 0 Å². The van der Waals surface area contributed by atoms with Crippen LogP contribution in [0.15, 0.2) is 0 Å². The predicted molar refractivity (Wildman–Crippen MR) is 92.3 cm³/mol. The maximum Gasteiger partial charge on any atom is 0.302 e. The van der Waals surface area contributed by atoms with E-state index in [9.17, 15) is 9.59 Å². The largest absolute Gasteiger partial charge is 0.463 e. The van der Waals surface area contributed by atoms with Gasteiger partial charge in [0.1, 0.15) is 11.9 Å². The lowest BCUT2D eigenvalue weighted by atomic mass is 9.45. The van der Waals surface area contributed by atoms with Crippen LogP contribution in [-0.2, 0) is 14.3 Å². The molecule has 0 N–H and O–H groups in total. The number of esters is 1. The molecule has 0 aromatic heterocycles. The summed E-state index contributed by atoms with van der Waals surface area (Å²) in [6.07, 6.45) is 10.2. The third-order valence-corrected chi connectivity index (χ3v) is 8.66. The van der Waals surface area contributed by atoms with Crippen molar-refractivity contribution in [2.75, 3.05) is 0 Å². The standard InChI is InChI=1S/C21H32O3/c1-13(22)24-15-8-10-20(2)14(12-15)4-5-16-17-6-7-19(23)21(17,3)11-9-18(16)20/h14-18H,4-12H2,1-3H3/t14-,15+,16?,17?,18?,20-,21-/m0/s1. The Hall–Kier alpha value is -0.860. The molecule has 0 aromatic rings. The molecule has 0 spiro atoms. The van der Waals surface area contributed by atoms with E-state index in [4.69, 9.17) is 4.74 Å². The first-order valence-corrected chi connectivity index (χ1v) is 10.0. The Morgan fingerprint density at radius 3 is 2.58 bits per heavy atom. The smallest absolute Gasteiger partial charge is 0.302 e. The van der Waals surface area contributed by atoms with Crippen LogP contribution in [0.4, 0.5) is 0 Å². The summed E-state index contributed by atoms with van der Waals surface area (Å²) in [5, 5.41) is 0. The Bertz CT molecular complexity index is 555. The number of fused-ring (bicyclic) bond motifs is 5. The second-order valence-corrected chi connectivity index (χ2v) is 9.58. The summed E-state index contributed by atoms with van der Waals surface area (Å²) < 4.78 is 5.54. The minimum atomic E-state index is -0.129. The highest BCUT2D eigenvalue weighted by molar-refractivity contribution is 5.87. The van der Waals surface area contributed by atoms with Crippen molar-refractivity contribution in [3.8, 4) is 0 Å². The van der Waals surface area contributed by atoms with E-state index < -0.39 is 0 Å². The highest BCUT2D eigenvalue weighted by Gasteiger charge is 2.60. The third kappa shape index (κ3) is 2.29. The average Bonchev–Trinajstić information content (AvgIpc) is 2.83. The van der Waals surface area contributed by atoms with Gasteiger partial charge in [0.15, 0.2) is 0 Å². The molecule has 3 nitrogen and oxygen atoms in total. The van der Waals surface area contributed by atoms with Gasteiger partial charge in [-0.1, -0.05) is 13.8 Å². The average molecular weight is 332 g/mol. The summed E-state index contributed by atoms with van der Waals surface area (Å²) in [5.74, 6) is 3.26. The molecule has 0 radical (unpaired) electrons. The van der Waals surface area contributed by atoms with Crippen LogP contribution in [0.2, 0.25) is 0 Å². The van der Waals surface area contributed by atoms with Gasteiger partial charge in [-0.25, -0.2) is 0 Å². The summed E-state index contributed by atoms with van der Waals surface area (Å²) in [5.41, 5.74) is 0.381. The van der Waals surface area contributed by atoms with Gasteiger partial charge in [0.25, 0.3) is 0 Å². The molecule has 0 amide bonds. The topological polar surface area (TPSA) is 43.4 Å². The minimum absolute atomic E-state index is 0.0146. The zero-order valence-corrected chi connectivity index (χ0v) is 15.5. The van der Waals surface area contributed by atoms with E-state index in [0.717, 1.165) is 43.9 Å². The summed E-state index contributed by atoms with van der Waals surface area (Å²) in [6.45, 7) is 6.30. The van der Waals surface area contributed by atoms with E-state index in [2.05, 4.69) is 13.8 Å². The molecule has 3 unspecified atom stereocenters. The van der Waals surface area contributed by atoms with Gasteiger partial charge in [-0.3, -0.25) is 9.59 Å². The van der Waals surface area contributed by atoms with Gasteiger partial charge in [-0.05, 0) is 80.5 Å². The van der Waals surface area contributed by atoms with Gasteiger partial charge < -0.3 is 4.74 Å². The number of rotatable bonds is 1. The van der Waals surface area contributed by atoms with E-state index >= 15 is 0 Å². The van der Waals surface area contributed by atoms with Crippen molar-refractivity contribution in [2.45, 2.75) is 84.7 Å². The quantitative estimate of drug-likeness (QED) is 0.663. The first kappa shape index (κ1) is 16.6. The SMILES string of the molecule is CC(=O)O[C@@H]1CC[C@]2(C)C3CC[C@]4(C)C(=O)CCC4C3CC[C@H]2C1. The number of hydrogen-bond donors (Lipinski definition) is 0. The van der Waals surface area contributed by atoms with Crippen LogP contribution in [-0.4, -0.2) is 17.9 Å². The van der Waals surface area contributed by atoms with Crippen molar-refractivity contribution in [3.63, 3.8) is 0 Å². The fourth-order valence-corrected chi connectivity index (χ4v) is 7.33. The molecule has 0 heterocycles. The second kappa shape index (κ2) is 5.57. The molecule has 4 aliphatic carbocycles. The maximum absolute atomic E-state index is 12.5. The highest BCUT2D eigenvalue weighted by atomic mass is 16.5. The number of ether oxygens (including phenoxy) is 1. The van der Waals surface area contributed by atoms with Crippen molar-refractivity contribution in [3.05, 3.63) is 0 Å². The number of Topliss-reactive ketones (excluding diaryl/α,β-unsaturated/α-hetero) is 1. The third-order valence-electron chi connectivity index (χ3n) is 8.66. The van der Waals surface area contributed by atoms with Crippen molar-refractivity contribution in [1.29, 1.82) is 0 Å². The molecule has 3 heteroatoms. The fourth-order valence-electron chi connectivity index (χ4n) is 7.33. The molecule has 4 rings (SSSR count). The van der Waals surface area contributed by atoms with Crippen molar-refractivity contribution in [1.82, 2.24) is 0 Å². The zero-order chi connectivity index (χ0) is 17.1. The van der Waals surface area contributed by atoms with Gasteiger partial charge in [0.05, 0.1) is 0 Å². The molecule has 134 valence electrons. The molecule has 0 aliphatic heterocycles. The first-order chi connectivity index (χ1) is 11.3. The van der Waals surface area contributed by atoms with Gasteiger partial charge in [-0.15, -0.1) is 0 Å². The van der Waals surface area contributed by atoms with Crippen LogP contribution in [0, 0.1) is 34.5 Å². The molecule has 7 atom stereocenters. The number of hydrogen-bond acceptors (Lipinski definition) is 3. The minimum Gasteiger partial charge on any atom is -0.463 e.